The zero-order valence-electron chi connectivity index (χ0n) is 16.2. The minimum absolute atomic E-state index is 0.0198. The van der Waals surface area contributed by atoms with E-state index in [-0.39, 0.29) is 11.8 Å². The van der Waals surface area contributed by atoms with Crippen molar-refractivity contribution in [2.45, 2.75) is 32.2 Å². The first-order valence-electron chi connectivity index (χ1n) is 9.86. The van der Waals surface area contributed by atoms with Crippen molar-refractivity contribution in [2.75, 3.05) is 18.8 Å². The van der Waals surface area contributed by atoms with Crippen LogP contribution < -0.4 is 5.73 Å². The molecule has 0 aliphatic carbocycles. The lowest BCUT2D eigenvalue weighted by atomic mass is 9.95. The van der Waals surface area contributed by atoms with Crippen molar-refractivity contribution in [3.8, 4) is 0 Å². The van der Waals surface area contributed by atoms with E-state index < -0.39 is 0 Å². The summed E-state index contributed by atoms with van der Waals surface area (Å²) in [5.74, 6) is 1.66. The van der Waals surface area contributed by atoms with Crippen LogP contribution in [0.25, 0.3) is 16.8 Å². The van der Waals surface area contributed by atoms with Crippen LogP contribution in [0.5, 0.6) is 0 Å². The number of nitrogens with zero attached hydrogens (tertiary/aromatic N) is 7. The number of fused-ring (bicyclic) bond motifs is 2. The van der Waals surface area contributed by atoms with Crippen LogP contribution in [0.3, 0.4) is 0 Å². The quantitative estimate of drug-likeness (QED) is 0.574. The molecule has 2 N–H and O–H groups in total. The lowest BCUT2D eigenvalue weighted by Gasteiger charge is -2.31. The van der Waals surface area contributed by atoms with Gasteiger partial charge in [-0.25, -0.2) is 9.97 Å². The number of pyridine rings is 2. The van der Waals surface area contributed by atoms with Gasteiger partial charge in [-0.2, -0.15) is 0 Å². The molecule has 0 saturated carbocycles. The molecule has 4 aromatic rings. The molecular weight excluding hydrogens is 368 g/mol. The van der Waals surface area contributed by atoms with Gasteiger partial charge in [0.15, 0.2) is 11.3 Å². The second kappa shape index (κ2) is 6.84. The topological polar surface area (TPSA) is 107 Å². The number of imidazole rings is 1. The van der Waals surface area contributed by atoms with Gasteiger partial charge in [-0.1, -0.05) is 6.07 Å². The van der Waals surface area contributed by atoms with Gasteiger partial charge in [0.25, 0.3) is 5.91 Å². The Morgan fingerprint density at radius 2 is 2.07 bits per heavy atom. The van der Waals surface area contributed by atoms with Crippen molar-refractivity contribution in [1.29, 1.82) is 0 Å². The maximum atomic E-state index is 13.0. The Kier molecular flexibility index (Phi) is 4.15. The van der Waals surface area contributed by atoms with E-state index in [0.717, 1.165) is 24.3 Å². The molecule has 0 unspecified atom stereocenters. The Hall–Kier alpha value is -3.49. The molecule has 5 heterocycles. The number of nitrogen functional groups attached to an aromatic ring is 1. The fraction of sp³-hybridized carbons (Fsp3) is 0.350. The molecule has 1 amide bonds. The molecular formula is C20H22N8O. The minimum Gasteiger partial charge on any atom is -0.369 e. The van der Waals surface area contributed by atoms with E-state index in [9.17, 15) is 4.79 Å². The molecule has 0 aromatic carbocycles. The molecule has 0 bridgehead atoms. The third-order valence-corrected chi connectivity index (χ3v) is 5.67. The Bertz CT molecular complexity index is 1200. The summed E-state index contributed by atoms with van der Waals surface area (Å²) < 4.78 is 3.87. The third kappa shape index (κ3) is 2.89. The second-order valence-electron chi connectivity index (χ2n) is 7.33. The summed E-state index contributed by atoms with van der Waals surface area (Å²) in [6.45, 7) is 4.03. The van der Waals surface area contributed by atoms with E-state index in [1.807, 2.05) is 45.2 Å². The van der Waals surface area contributed by atoms with Gasteiger partial charge in [0.2, 0.25) is 5.95 Å². The highest BCUT2D eigenvalue weighted by Gasteiger charge is 2.28. The Labute approximate surface area is 167 Å². The first-order valence-corrected chi connectivity index (χ1v) is 9.86. The van der Waals surface area contributed by atoms with Gasteiger partial charge in [-0.15, -0.1) is 10.2 Å². The molecule has 1 saturated heterocycles. The number of anilines is 1. The first-order chi connectivity index (χ1) is 14.2. The monoisotopic (exact) mass is 390 g/mol. The van der Waals surface area contributed by atoms with Gasteiger partial charge in [-0.05, 0) is 38.0 Å². The van der Waals surface area contributed by atoms with Crippen molar-refractivity contribution in [1.82, 2.24) is 34.0 Å². The number of carbonyl (C=O) groups is 1. The molecule has 0 atom stereocenters. The van der Waals surface area contributed by atoms with Crippen molar-refractivity contribution in [2.24, 2.45) is 0 Å². The van der Waals surface area contributed by atoms with Crippen LogP contribution in [0.15, 0.2) is 36.7 Å². The normalized spacial score (nSPS) is 15.4. The standard InChI is InChI=1S/C20H22N8O/c1-2-27-18-15(23-20(27)21)11-14(12-22-18)19(29)26-9-6-13(7-10-26)17-25-24-16-5-3-4-8-28(16)17/h3-5,8,11-13H,2,6-7,9-10H2,1H3,(H2,21,23). The molecule has 0 spiro atoms. The molecule has 1 fully saturated rings. The largest absolute Gasteiger partial charge is 0.369 e. The highest BCUT2D eigenvalue weighted by molar-refractivity contribution is 5.96. The van der Waals surface area contributed by atoms with Crippen LogP contribution >= 0.6 is 0 Å². The summed E-state index contributed by atoms with van der Waals surface area (Å²) in [6, 6.07) is 7.67. The third-order valence-electron chi connectivity index (χ3n) is 5.67. The van der Waals surface area contributed by atoms with Gasteiger partial charge in [0.1, 0.15) is 11.3 Å². The second-order valence-corrected chi connectivity index (χ2v) is 7.33. The molecule has 29 heavy (non-hydrogen) atoms. The lowest BCUT2D eigenvalue weighted by molar-refractivity contribution is 0.0710. The molecule has 1 aliphatic rings. The Morgan fingerprint density at radius 1 is 1.24 bits per heavy atom. The van der Waals surface area contributed by atoms with Gasteiger partial charge in [-0.3, -0.25) is 13.8 Å². The average molecular weight is 390 g/mol. The maximum absolute atomic E-state index is 13.0. The molecule has 5 rings (SSSR count). The number of hydrogen-bond donors (Lipinski definition) is 1. The SMILES string of the molecule is CCn1c(N)nc2cc(C(=O)N3CCC(c4nnc5ccccn45)CC3)cnc21. The van der Waals surface area contributed by atoms with E-state index in [0.29, 0.717) is 42.3 Å². The molecule has 4 aromatic heterocycles. The average Bonchev–Trinajstić information content (AvgIpc) is 3.32. The van der Waals surface area contributed by atoms with Crippen molar-refractivity contribution >= 4 is 28.7 Å². The fourth-order valence-corrected chi connectivity index (χ4v) is 4.12. The fourth-order valence-electron chi connectivity index (χ4n) is 4.12. The summed E-state index contributed by atoms with van der Waals surface area (Å²) in [5, 5.41) is 8.62. The zero-order valence-corrected chi connectivity index (χ0v) is 16.2. The van der Waals surface area contributed by atoms with Crippen LogP contribution in [-0.4, -0.2) is 53.0 Å². The van der Waals surface area contributed by atoms with E-state index in [1.165, 1.54) is 0 Å². The number of aromatic nitrogens is 6. The van der Waals surface area contributed by atoms with E-state index in [2.05, 4.69) is 20.2 Å². The molecule has 1 aliphatic heterocycles. The smallest absolute Gasteiger partial charge is 0.255 e. The molecule has 148 valence electrons. The van der Waals surface area contributed by atoms with Crippen molar-refractivity contribution in [3.05, 3.63) is 48.0 Å². The predicted molar refractivity (Wildman–Crippen MR) is 108 cm³/mol. The Morgan fingerprint density at radius 3 is 2.86 bits per heavy atom. The number of amides is 1. The van der Waals surface area contributed by atoms with Gasteiger partial charge in [0, 0.05) is 37.9 Å². The van der Waals surface area contributed by atoms with Crippen molar-refractivity contribution in [3.63, 3.8) is 0 Å². The van der Waals surface area contributed by atoms with E-state index >= 15 is 0 Å². The number of hydrogen-bond acceptors (Lipinski definition) is 6. The van der Waals surface area contributed by atoms with Gasteiger partial charge < -0.3 is 10.6 Å². The van der Waals surface area contributed by atoms with Crippen LogP contribution in [-0.2, 0) is 6.54 Å². The van der Waals surface area contributed by atoms with Crippen LogP contribution in [0, 0.1) is 0 Å². The summed E-state index contributed by atoms with van der Waals surface area (Å²) in [4.78, 5) is 23.6. The number of nitrogens with two attached hydrogens (primary N) is 1. The number of likely N-dealkylation sites (tertiary alicyclic amines) is 1. The highest BCUT2D eigenvalue weighted by atomic mass is 16.2. The summed E-state index contributed by atoms with van der Waals surface area (Å²) >= 11 is 0. The van der Waals surface area contributed by atoms with Gasteiger partial charge >= 0.3 is 0 Å². The minimum atomic E-state index is -0.0198. The lowest BCUT2D eigenvalue weighted by Crippen LogP contribution is -2.38. The van der Waals surface area contributed by atoms with E-state index in [4.69, 9.17) is 5.73 Å². The Balaban J connectivity index is 1.33. The number of rotatable bonds is 3. The van der Waals surface area contributed by atoms with Crippen LogP contribution in [0.1, 0.15) is 41.9 Å². The van der Waals surface area contributed by atoms with E-state index in [1.54, 1.807) is 12.3 Å². The molecule has 0 radical (unpaired) electrons. The summed E-state index contributed by atoms with van der Waals surface area (Å²) in [5.41, 5.74) is 8.70. The zero-order chi connectivity index (χ0) is 20.0. The van der Waals surface area contributed by atoms with Crippen LogP contribution in [0.2, 0.25) is 0 Å². The van der Waals surface area contributed by atoms with Gasteiger partial charge in [0.05, 0.1) is 5.56 Å². The molecule has 9 heteroatoms. The molecule has 9 nitrogen and oxygen atoms in total. The van der Waals surface area contributed by atoms with Crippen LogP contribution in [0.4, 0.5) is 5.95 Å². The summed E-state index contributed by atoms with van der Waals surface area (Å²) in [7, 11) is 0. The first kappa shape index (κ1) is 17.6. The maximum Gasteiger partial charge on any atom is 0.255 e. The highest BCUT2D eigenvalue weighted by Crippen LogP contribution is 2.28. The predicted octanol–water partition coefficient (Wildman–Crippen LogP) is 2.10. The number of carbonyl (C=O) groups excluding carboxylic acids is 1. The number of aryl methyl sites for hydroxylation is 1. The van der Waals surface area contributed by atoms with Crippen molar-refractivity contribution < 1.29 is 4.79 Å². The summed E-state index contributed by atoms with van der Waals surface area (Å²) in [6.07, 6.45) is 5.32. The number of piperidine rings is 1.